The summed E-state index contributed by atoms with van der Waals surface area (Å²) < 4.78 is 10.9. The molecule has 0 saturated carbocycles. The molecule has 5 nitrogen and oxygen atoms in total. The fourth-order valence-corrected chi connectivity index (χ4v) is 2.41. The zero-order valence-electron chi connectivity index (χ0n) is 13.9. The number of halogens is 2. The Labute approximate surface area is 157 Å². The minimum Gasteiger partial charge on any atom is -0.489 e. The highest BCUT2D eigenvalue weighted by Gasteiger charge is 2.09. The van der Waals surface area contributed by atoms with Gasteiger partial charge < -0.3 is 20.1 Å². The van der Waals surface area contributed by atoms with E-state index in [-0.39, 0.29) is 12.5 Å². The van der Waals surface area contributed by atoms with Crippen LogP contribution in [0.15, 0.2) is 42.5 Å². The lowest BCUT2D eigenvalue weighted by atomic mass is 10.3. The molecule has 2 N–H and O–H groups in total. The Bertz CT molecular complexity index is 710. The lowest BCUT2D eigenvalue weighted by Crippen LogP contribution is -2.22. The molecule has 25 heavy (non-hydrogen) atoms. The molecule has 0 spiro atoms. The Morgan fingerprint density at radius 2 is 1.88 bits per heavy atom. The van der Waals surface area contributed by atoms with Gasteiger partial charge in [0.05, 0.1) is 29.5 Å². The Hall–Kier alpha value is -1.95. The molecule has 0 fully saturated rings. The fraction of sp³-hybridized carbons (Fsp3) is 0.278. The number of rotatable bonds is 9. The molecule has 0 aliphatic carbocycles. The van der Waals surface area contributed by atoms with Crippen molar-refractivity contribution in [2.45, 2.75) is 6.92 Å². The largest absolute Gasteiger partial charge is 0.489 e. The molecule has 0 heterocycles. The molecule has 0 unspecified atom stereocenters. The minimum absolute atomic E-state index is 0.0490. The molecule has 2 aromatic rings. The van der Waals surface area contributed by atoms with Gasteiger partial charge in [0.1, 0.15) is 12.4 Å². The van der Waals surface area contributed by atoms with E-state index >= 15 is 0 Å². The molecule has 7 heteroatoms. The van der Waals surface area contributed by atoms with E-state index in [0.717, 1.165) is 0 Å². The highest BCUT2D eigenvalue weighted by atomic mass is 35.5. The molecule has 0 aromatic heterocycles. The predicted molar refractivity (Wildman–Crippen MR) is 102 cm³/mol. The number of ether oxygens (including phenoxy) is 2. The third kappa shape index (κ3) is 6.46. The van der Waals surface area contributed by atoms with Crippen LogP contribution in [0.2, 0.25) is 10.0 Å². The summed E-state index contributed by atoms with van der Waals surface area (Å²) in [7, 11) is 0. The van der Waals surface area contributed by atoms with E-state index in [1.165, 1.54) is 0 Å². The van der Waals surface area contributed by atoms with Gasteiger partial charge in [0.2, 0.25) is 5.91 Å². The number of benzene rings is 2. The van der Waals surface area contributed by atoms with Crippen molar-refractivity contribution in [1.29, 1.82) is 0 Å². The summed E-state index contributed by atoms with van der Waals surface area (Å²) >= 11 is 12.0. The Morgan fingerprint density at radius 3 is 2.68 bits per heavy atom. The molecule has 134 valence electrons. The standard InChI is InChI=1S/C18H20Cl2N2O3/c1-2-24-9-10-25-17-6-4-3-5-15(17)22-18(23)12-21-16-11-13(19)7-8-14(16)20/h3-8,11,21H,2,9-10,12H2,1H3,(H,22,23). The summed E-state index contributed by atoms with van der Waals surface area (Å²) in [4.78, 5) is 12.2. The average Bonchev–Trinajstić information content (AvgIpc) is 2.61. The molecule has 1 amide bonds. The molecular weight excluding hydrogens is 363 g/mol. The van der Waals surface area contributed by atoms with Crippen molar-refractivity contribution in [2.75, 3.05) is 37.0 Å². The van der Waals surface area contributed by atoms with Crippen molar-refractivity contribution < 1.29 is 14.3 Å². The van der Waals surface area contributed by atoms with Gasteiger partial charge >= 0.3 is 0 Å². The summed E-state index contributed by atoms with van der Waals surface area (Å²) in [6.45, 7) is 3.52. The third-order valence-corrected chi connectivity index (χ3v) is 3.78. The first-order valence-electron chi connectivity index (χ1n) is 7.88. The van der Waals surface area contributed by atoms with Gasteiger partial charge in [-0.3, -0.25) is 4.79 Å². The molecule has 0 atom stereocenters. The van der Waals surface area contributed by atoms with Crippen molar-refractivity contribution in [3.05, 3.63) is 52.5 Å². The van der Waals surface area contributed by atoms with Gasteiger partial charge in [0.25, 0.3) is 0 Å². The SMILES string of the molecule is CCOCCOc1ccccc1NC(=O)CNc1cc(Cl)ccc1Cl. The van der Waals surface area contributed by atoms with Gasteiger partial charge in [-0.2, -0.15) is 0 Å². The number of nitrogens with one attached hydrogen (secondary N) is 2. The Kier molecular flexibility index (Phi) is 7.85. The van der Waals surface area contributed by atoms with Crippen molar-refractivity contribution in [3.8, 4) is 5.75 Å². The topological polar surface area (TPSA) is 59.6 Å². The van der Waals surface area contributed by atoms with Gasteiger partial charge in [-0.05, 0) is 37.3 Å². The van der Waals surface area contributed by atoms with E-state index in [9.17, 15) is 4.79 Å². The third-order valence-electron chi connectivity index (χ3n) is 3.22. The van der Waals surface area contributed by atoms with Gasteiger partial charge in [-0.25, -0.2) is 0 Å². The second kappa shape index (κ2) is 10.1. The van der Waals surface area contributed by atoms with Gasteiger partial charge in [-0.15, -0.1) is 0 Å². The van der Waals surface area contributed by atoms with Crippen molar-refractivity contribution >= 4 is 40.5 Å². The highest BCUT2D eigenvalue weighted by molar-refractivity contribution is 6.35. The fourth-order valence-electron chi connectivity index (χ4n) is 2.05. The van der Waals surface area contributed by atoms with E-state index in [2.05, 4.69) is 10.6 Å². The second-order valence-electron chi connectivity index (χ2n) is 5.07. The van der Waals surface area contributed by atoms with Gasteiger partial charge in [-0.1, -0.05) is 35.3 Å². The number of hydrogen-bond donors (Lipinski definition) is 2. The number of carbonyl (C=O) groups is 1. The number of carbonyl (C=O) groups excluding carboxylic acids is 1. The zero-order valence-corrected chi connectivity index (χ0v) is 15.4. The molecule has 2 rings (SSSR count). The maximum Gasteiger partial charge on any atom is 0.243 e. The van der Waals surface area contributed by atoms with Crippen LogP contribution in [-0.2, 0) is 9.53 Å². The summed E-state index contributed by atoms with van der Waals surface area (Å²) in [5, 5.41) is 6.82. The van der Waals surface area contributed by atoms with E-state index < -0.39 is 0 Å². The van der Waals surface area contributed by atoms with E-state index in [0.29, 0.717) is 47.0 Å². The predicted octanol–water partition coefficient (Wildman–Crippen LogP) is 4.46. The monoisotopic (exact) mass is 382 g/mol. The van der Waals surface area contributed by atoms with Crippen molar-refractivity contribution in [2.24, 2.45) is 0 Å². The van der Waals surface area contributed by atoms with Crippen LogP contribution in [0, 0.1) is 0 Å². The lowest BCUT2D eigenvalue weighted by molar-refractivity contribution is -0.114. The summed E-state index contributed by atoms with van der Waals surface area (Å²) in [6, 6.07) is 12.3. The van der Waals surface area contributed by atoms with E-state index in [1.54, 1.807) is 30.3 Å². The first-order valence-corrected chi connectivity index (χ1v) is 8.64. The molecular formula is C18H20Cl2N2O3. The van der Waals surface area contributed by atoms with Crippen LogP contribution in [0.5, 0.6) is 5.75 Å². The maximum atomic E-state index is 12.2. The van der Waals surface area contributed by atoms with Crippen LogP contribution in [0.25, 0.3) is 0 Å². The van der Waals surface area contributed by atoms with Crippen LogP contribution >= 0.6 is 23.2 Å². The number of amides is 1. The van der Waals surface area contributed by atoms with Gasteiger partial charge in [0, 0.05) is 11.6 Å². The zero-order chi connectivity index (χ0) is 18.1. The lowest BCUT2D eigenvalue weighted by Gasteiger charge is -2.13. The normalized spacial score (nSPS) is 10.4. The quantitative estimate of drug-likeness (QED) is 0.628. The summed E-state index contributed by atoms with van der Waals surface area (Å²) in [6.07, 6.45) is 0. The first kappa shape index (κ1) is 19.4. The smallest absolute Gasteiger partial charge is 0.243 e. The number of hydrogen-bond acceptors (Lipinski definition) is 4. The molecule has 0 bridgehead atoms. The van der Waals surface area contributed by atoms with E-state index in [1.807, 2.05) is 19.1 Å². The Balaban J connectivity index is 1.90. The highest BCUT2D eigenvalue weighted by Crippen LogP contribution is 2.26. The molecule has 0 saturated heterocycles. The molecule has 2 aromatic carbocycles. The average molecular weight is 383 g/mol. The van der Waals surface area contributed by atoms with Crippen LogP contribution in [0.1, 0.15) is 6.92 Å². The first-order chi connectivity index (χ1) is 12.1. The van der Waals surface area contributed by atoms with Crippen LogP contribution in [0.4, 0.5) is 11.4 Å². The van der Waals surface area contributed by atoms with Crippen molar-refractivity contribution in [3.63, 3.8) is 0 Å². The Morgan fingerprint density at radius 1 is 1.08 bits per heavy atom. The number of anilines is 2. The second-order valence-corrected chi connectivity index (χ2v) is 5.91. The molecule has 0 aliphatic rings. The summed E-state index contributed by atoms with van der Waals surface area (Å²) in [5.41, 5.74) is 1.20. The summed E-state index contributed by atoms with van der Waals surface area (Å²) in [5.74, 6) is 0.369. The van der Waals surface area contributed by atoms with Crippen LogP contribution in [-0.4, -0.2) is 32.3 Å². The van der Waals surface area contributed by atoms with Crippen molar-refractivity contribution in [1.82, 2.24) is 0 Å². The van der Waals surface area contributed by atoms with E-state index in [4.69, 9.17) is 32.7 Å². The molecule has 0 aliphatic heterocycles. The molecule has 0 radical (unpaired) electrons. The van der Waals surface area contributed by atoms with Crippen LogP contribution < -0.4 is 15.4 Å². The van der Waals surface area contributed by atoms with Gasteiger partial charge in [0.15, 0.2) is 0 Å². The minimum atomic E-state index is -0.225. The van der Waals surface area contributed by atoms with Crippen LogP contribution in [0.3, 0.4) is 0 Å². The number of para-hydroxylation sites is 2. The maximum absolute atomic E-state index is 12.2.